The second-order valence-electron chi connectivity index (χ2n) is 4.21. The van der Waals surface area contributed by atoms with Crippen molar-refractivity contribution in [3.8, 4) is 0 Å². The summed E-state index contributed by atoms with van der Waals surface area (Å²) in [5.41, 5.74) is 0.402. The van der Waals surface area contributed by atoms with Crippen LogP contribution < -0.4 is 5.56 Å². The van der Waals surface area contributed by atoms with Gasteiger partial charge in [0.25, 0.3) is 5.56 Å². The van der Waals surface area contributed by atoms with E-state index in [9.17, 15) is 9.59 Å². The molecule has 2 rings (SSSR count). The smallest absolute Gasteiger partial charge is 0.341 e. The Kier molecular flexibility index (Phi) is 3.41. The van der Waals surface area contributed by atoms with Crippen molar-refractivity contribution in [1.82, 2.24) is 14.5 Å². The highest BCUT2D eigenvalue weighted by Gasteiger charge is 2.16. The number of aromatic nitrogens is 3. The van der Waals surface area contributed by atoms with Gasteiger partial charge in [0, 0.05) is 18.1 Å². The molecule has 0 aliphatic rings. The molecule has 0 spiro atoms. The molecular weight excluding hydrogens is 246 g/mol. The number of nitrogens with zero attached hydrogens (tertiary/aromatic N) is 3. The lowest BCUT2D eigenvalue weighted by atomic mass is 10.1. The van der Waals surface area contributed by atoms with Crippen LogP contribution in [-0.2, 0) is 6.54 Å². The summed E-state index contributed by atoms with van der Waals surface area (Å²) in [6.07, 6.45) is 3.16. The number of hydrogen-bond acceptors (Lipinski definition) is 4. The Labute approximate surface area is 109 Å². The molecule has 0 aliphatic heterocycles. The van der Waals surface area contributed by atoms with Gasteiger partial charge in [-0.1, -0.05) is 0 Å². The molecule has 0 amide bonds. The predicted octanol–water partition coefficient (Wildman–Crippen LogP) is 1.00. The Morgan fingerprint density at radius 3 is 2.53 bits per heavy atom. The minimum Gasteiger partial charge on any atom is -0.477 e. The van der Waals surface area contributed by atoms with E-state index in [1.165, 1.54) is 4.57 Å². The average Bonchev–Trinajstić information content (AvgIpc) is 2.35. The third-order valence-electron chi connectivity index (χ3n) is 2.84. The molecule has 1 N–H and O–H groups in total. The van der Waals surface area contributed by atoms with Gasteiger partial charge in [-0.3, -0.25) is 4.79 Å². The monoisotopic (exact) mass is 259 g/mol. The van der Waals surface area contributed by atoms with E-state index in [1.807, 2.05) is 0 Å². The molecule has 2 aromatic rings. The zero-order valence-electron chi connectivity index (χ0n) is 10.6. The van der Waals surface area contributed by atoms with Gasteiger partial charge in [0.05, 0.1) is 6.54 Å². The van der Waals surface area contributed by atoms with Crippen molar-refractivity contribution < 1.29 is 9.90 Å². The zero-order valence-corrected chi connectivity index (χ0v) is 10.6. The Balaban J connectivity index is 2.55. The minimum absolute atomic E-state index is 0.159. The molecule has 6 nitrogen and oxygen atoms in total. The fourth-order valence-corrected chi connectivity index (χ4v) is 1.94. The second kappa shape index (κ2) is 5.01. The molecular formula is C13H13N3O3. The summed E-state index contributed by atoms with van der Waals surface area (Å²) in [4.78, 5) is 31.4. The number of carbonyl (C=O) groups is 1. The quantitative estimate of drug-likeness (QED) is 0.888. The fourth-order valence-electron chi connectivity index (χ4n) is 1.94. The van der Waals surface area contributed by atoms with Crippen LogP contribution in [-0.4, -0.2) is 25.6 Å². The SMILES string of the molecule is Cc1cc(C)n(Cc2ncccn2)c(=O)c1C(=O)O. The van der Waals surface area contributed by atoms with Crippen LogP contribution in [0.2, 0.25) is 0 Å². The molecule has 0 aromatic carbocycles. The lowest BCUT2D eigenvalue weighted by Gasteiger charge is -2.11. The van der Waals surface area contributed by atoms with Crippen molar-refractivity contribution in [2.75, 3.05) is 0 Å². The highest BCUT2D eigenvalue weighted by atomic mass is 16.4. The Bertz CT molecular complexity index is 678. The maximum Gasteiger partial charge on any atom is 0.341 e. The normalized spacial score (nSPS) is 10.4. The van der Waals surface area contributed by atoms with Gasteiger partial charge in [0.15, 0.2) is 0 Å². The van der Waals surface area contributed by atoms with E-state index in [4.69, 9.17) is 5.11 Å². The highest BCUT2D eigenvalue weighted by molar-refractivity contribution is 5.88. The van der Waals surface area contributed by atoms with Gasteiger partial charge in [0.1, 0.15) is 11.4 Å². The van der Waals surface area contributed by atoms with E-state index in [-0.39, 0.29) is 12.1 Å². The lowest BCUT2D eigenvalue weighted by molar-refractivity contribution is 0.0693. The van der Waals surface area contributed by atoms with Gasteiger partial charge in [-0.2, -0.15) is 0 Å². The van der Waals surface area contributed by atoms with Gasteiger partial charge in [-0.25, -0.2) is 14.8 Å². The number of rotatable bonds is 3. The zero-order chi connectivity index (χ0) is 14.0. The first kappa shape index (κ1) is 12.9. The number of carboxylic acid groups (broad SMARTS) is 1. The van der Waals surface area contributed by atoms with Crippen LogP contribution in [0.4, 0.5) is 0 Å². The number of carboxylic acids is 1. The van der Waals surface area contributed by atoms with Gasteiger partial charge in [-0.05, 0) is 31.5 Å². The summed E-state index contributed by atoms with van der Waals surface area (Å²) < 4.78 is 1.37. The van der Waals surface area contributed by atoms with Gasteiger partial charge in [0.2, 0.25) is 0 Å². The summed E-state index contributed by atoms with van der Waals surface area (Å²) >= 11 is 0. The molecule has 2 aromatic heterocycles. The summed E-state index contributed by atoms with van der Waals surface area (Å²) in [7, 11) is 0. The van der Waals surface area contributed by atoms with E-state index in [0.717, 1.165) is 0 Å². The number of hydrogen-bond donors (Lipinski definition) is 1. The van der Waals surface area contributed by atoms with Crippen LogP contribution in [0.15, 0.2) is 29.3 Å². The Morgan fingerprint density at radius 1 is 1.32 bits per heavy atom. The maximum absolute atomic E-state index is 12.2. The first-order valence-electron chi connectivity index (χ1n) is 5.71. The van der Waals surface area contributed by atoms with E-state index in [1.54, 1.807) is 38.4 Å². The van der Waals surface area contributed by atoms with E-state index in [0.29, 0.717) is 17.1 Å². The van der Waals surface area contributed by atoms with E-state index < -0.39 is 11.5 Å². The molecule has 0 aliphatic carbocycles. The minimum atomic E-state index is -1.22. The molecule has 0 bridgehead atoms. The second-order valence-corrected chi connectivity index (χ2v) is 4.21. The van der Waals surface area contributed by atoms with Crippen LogP contribution in [0.3, 0.4) is 0 Å². The van der Waals surface area contributed by atoms with Crippen molar-refractivity contribution in [2.24, 2.45) is 0 Å². The summed E-state index contributed by atoms with van der Waals surface area (Å²) in [6, 6.07) is 3.35. The van der Waals surface area contributed by atoms with Gasteiger partial charge in [-0.15, -0.1) is 0 Å². The fraction of sp³-hybridized carbons (Fsp3) is 0.231. The topological polar surface area (TPSA) is 85.1 Å². The first-order valence-corrected chi connectivity index (χ1v) is 5.71. The molecule has 0 radical (unpaired) electrons. The molecule has 0 saturated carbocycles. The summed E-state index contributed by atoms with van der Waals surface area (Å²) in [5.74, 6) is -0.752. The van der Waals surface area contributed by atoms with E-state index in [2.05, 4.69) is 9.97 Å². The van der Waals surface area contributed by atoms with Crippen LogP contribution in [0.1, 0.15) is 27.4 Å². The molecule has 6 heteroatoms. The van der Waals surface area contributed by atoms with Crippen molar-refractivity contribution >= 4 is 5.97 Å². The third-order valence-corrected chi connectivity index (χ3v) is 2.84. The van der Waals surface area contributed by atoms with Gasteiger partial charge >= 0.3 is 5.97 Å². The lowest BCUT2D eigenvalue weighted by Crippen LogP contribution is -2.30. The van der Waals surface area contributed by atoms with Crippen LogP contribution in [0.5, 0.6) is 0 Å². The Morgan fingerprint density at radius 2 is 1.95 bits per heavy atom. The van der Waals surface area contributed by atoms with Crippen LogP contribution in [0.25, 0.3) is 0 Å². The summed E-state index contributed by atoms with van der Waals surface area (Å²) in [6.45, 7) is 3.52. The molecule has 0 atom stereocenters. The number of aryl methyl sites for hydroxylation is 2. The van der Waals surface area contributed by atoms with Crippen molar-refractivity contribution in [1.29, 1.82) is 0 Å². The molecule has 0 saturated heterocycles. The molecule has 0 unspecified atom stereocenters. The van der Waals surface area contributed by atoms with Crippen LogP contribution in [0, 0.1) is 13.8 Å². The molecule has 2 heterocycles. The van der Waals surface area contributed by atoms with Crippen molar-refractivity contribution in [3.05, 3.63) is 57.5 Å². The van der Waals surface area contributed by atoms with Crippen molar-refractivity contribution in [2.45, 2.75) is 20.4 Å². The number of pyridine rings is 1. The van der Waals surface area contributed by atoms with E-state index >= 15 is 0 Å². The highest BCUT2D eigenvalue weighted by Crippen LogP contribution is 2.07. The molecule has 0 fully saturated rings. The molecule has 98 valence electrons. The number of aromatic carboxylic acids is 1. The average molecular weight is 259 g/mol. The van der Waals surface area contributed by atoms with Crippen molar-refractivity contribution in [3.63, 3.8) is 0 Å². The Hall–Kier alpha value is -2.50. The van der Waals surface area contributed by atoms with Crippen LogP contribution >= 0.6 is 0 Å². The maximum atomic E-state index is 12.2. The standard InChI is InChI=1S/C13H13N3O3/c1-8-6-9(2)16(12(17)11(8)13(18)19)7-10-14-4-3-5-15-10/h3-6H,7H2,1-2H3,(H,18,19). The first-order chi connectivity index (χ1) is 9.00. The molecule has 19 heavy (non-hydrogen) atoms. The largest absolute Gasteiger partial charge is 0.477 e. The predicted molar refractivity (Wildman–Crippen MR) is 68.3 cm³/mol. The van der Waals surface area contributed by atoms with Gasteiger partial charge < -0.3 is 9.67 Å². The third kappa shape index (κ3) is 2.52. The summed E-state index contributed by atoms with van der Waals surface area (Å²) in [5, 5.41) is 9.08.